The molecule has 0 radical (unpaired) electrons. The van der Waals surface area contributed by atoms with Gasteiger partial charge in [-0.3, -0.25) is 14.5 Å². The molecule has 0 unspecified atom stereocenters. The lowest BCUT2D eigenvalue weighted by molar-refractivity contribution is 0.381. The van der Waals surface area contributed by atoms with Gasteiger partial charge in [0.2, 0.25) is 0 Å². The highest BCUT2D eigenvalue weighted by atomic mass is 32.3. The lowest BCUT2D eigenvalue weighted by Crippen LogP contribution is -2.32. The Morgan fingerprint density at radius 1 is 1.69 bits per heavy atom. The van der Waals surface area contributed by atoms with E-state index < -0.39 is 10.4 Å². The van der Waals surface area contributed by atoms with E-state index in [4.69, 9.17) is 28.7 Å². The van der Waals surface area contributed by atoms with Crippen LogP contribution < -0.4 is 5.73 Å². The van der Waals surface area contributed by atoms with Gasteiger partial charge in [0.15, 0.2) is 5.96 Å². The molecule has 0 aliphatic rings. The van der Waals surface area contributed by atoms with Crippen molar-refractivity contribution in [3.8, 4) is 0 Å². The second kappa shape index (κ2) is 6.40. The summed E-state index contributed by atoms with van der Waals surface area (Å²) in [5, 5.41) is 6.86. The number of nitrogens with one attached hydrogen (secondary N) is 1. The molecule has 0 heterocycles. The Morgan fingerprint density at radius 3 is 2.08 bits per heavy atom. The Bertz CT molecular complexity index is 253. The zero-order chi connectivity index (χ0) is 11.1. The fourth-order valence-electron chi connectivity index (χ4n) is 0.292. The minimum atomic E-state index is -4.67. The number of nitrogens with zero attached hydrogens (tertiary/aromatic N) is 1. The lowest BCUT2D eigenvalue weighted by atomic mass is 10.6. The van der Waals surface area contributed by atoms with Crippen LogP contribution in [0.3, 0.4) is 0 Å². The van der Waals surface area contributed by atoms with Crippen LogP contribution in [-0.2, 0) is 10.4 Å². The van der Waals surface area contributed by atoms with Crippen LogP contribution >= 0.6 is 0 Å². The Morgan fingerprint density at radius 2 is 2.00 bits per heavy atom. The largest absolute Gasteiger partial charge is 0.394 e. The minimum Gasteiger partial charge on any atom is -0.370 e. The normalized spacial score (nSPS) is 9.46. The smallest absolute Gasteiger partial charge is 0.370 e. The Labute approximate surface area is 76.9 Å². The monoisotopic (exact) mass is 211 g/mol. The van der Waals surface area contributed by atoms with Gasteiger partial charge in [-0.2, -0.15) is 8.42 Å². The number of rotatable bonds is 2. The van der Waals surface area contributed by atoms with Gasteiger partial charge in [0, 0.05) is 13.6 Å². The van der Waals surface area contributed by atoms with Crippen molar-refractivity contribution in [3.05, 3.63) is 12.7 Å². The molecule has 7 nitrogen and oxygen atoms in total. The first-order chi connectivity index (χ1) is 5.68. The molecule has 0 saturated heterocycles. The molecule has 0 saturated carbocycles. The SMILES string of the molecule is C=CCN(C)C(=N)N.O=S(=O)(O)O. The highest BCUT2D eigenvalue weighted by Crippen LogP contribution is 1.76. The van der Waals surface area contributed by atoms with Crippen LogP contribution in [0.25, 0.3) is 0 Å². The van der Waals surface area contributed by atoms with Crippen LogP contribution in [0.5, 0.6) is 0 Å². The Kier molecular flexibility index (Phi) is 7.09. The zero-order valence-corrected chi connectivity index (χ0v) is 7.95. The molecule has 0 atom stereocenters. The van der Waals surface area contributed by atoms with Crippen LogP contribution in [0.15, 0.2) is 12.7 Å². The van der Waals surface area contributed by atoms with Gasteiger partial charge in [0.1, 0.15) is 0 Å². The van der Waals surface area contributed by atoms with E-state index in [9.17, 15) is 0 Å². The number of guanidine groups is 1. The number of hydrogen-bond donors (Lipinski definition) is 4. The van der Waals surface area contributed by atoms with E-state index in [0.717, 1.165) is 0 Å². The number of hydrogen-bond acceptors (Lipinski definition) is 3. The average Bonchev–Trinajstić information content (AvgIpc) is 1.84. The third-order valence-corrected chi connectivity index (χ3v) is 0.814. The number of nitrogens with two attached hydrogens (primary N) is 1. The predicted octanol–water partition coefficient (Wildman–Crippen LogP) is -0.655. The van der Waals surface area contributed by atoms with E-state index in [1.807, 2.05) is 0 Å². The predicted molar refractivity (Wildman–Crippen MR) is 48.9 cm³/mol. The summed E-state index contributed by atoms with van der Waals surface area (Å²) < 4.78 is 31.6. The van der Waals surface area contributed by atoms with Crippen molar-refractivity contribution >= 4 is 16.4 Å². The highest BCUT2D eigenvalue weighted by molar-refractivity contribution is 7.79. The maximum Gasteiger partial charge on any atom is 0.394 e. The summed E-state index contributed by atoms with van der Waals surface area (Å²) >= 11 is 0. The molecule has 0 bridgehead atoms. The van der Waals surface area contributed by atoms with Crippen LogP contribution in [-0.4, -0.2) is 42.0 Å². The summed E-state index contributed by atoms with van der Waals surface area (Å²) in [7, 11) is -2.93. The van der Waals surface area contributed by atoms with Gasteiger partial charge in [0.05, 0.1) is 0 Å². The molecule has 0 aromatic heterocycles. The summed E-state index contributed by atoms with van der Waals surface area (Å²) in [5.41, 5.74) is 5.08. The second-order valence-corrected chi connectivity index (χ2v) is 2.90. The molecule has 0 amide bonds. The van der Waals surface area contributed by atoms with Crippen LogP contribution in [0.2, 0.25) is 0 Å². The molecule has 8 heteroatoms. The van der Waals surface area contributed by atoms with Gasteiger partial charge in [0.25, 0.3) is 0 Å². The topological polar surface area (TPSA) is 128 Å². The van der Waals surface area contributed by atoms with E-state index in [1.165, 1.54) is 0 Å². The van der Waals surface area contributed by atoms with Gasteiger partial charge in [-0.25, -0.2) is 0 Å². The van der Waals surface area contributed by atoms with Crippen molar-refractivity contribution in [1.29, 1.82) is 5.41 Å². The van der Waals surface area contributed by atoms with Gasteiger partial charge >= 0.3 is 10.4 Å². The summed E-state index contributed by atoms with van der Waals surface area (Å²) in [5.74, 6) is 0.0740. The molecule has 0 aliphatic carbocycles. The van der Waals surface area contributed by atoms with Crippen LogP contribution in [0, 0.1) is 5.41 Å². The first kappa shape index (κ1) is 14.4. The van der Waals surface area contributed by atoms with E-state index in [2.05, 4.69) is 6.58 Å². The standard InChI is InChI=1S/C5H11N3.H2O4S/c1-3-4-8(2)5(6)7;1-5(2,3)4/h3H,1,4H2,2H3,(H3,6,7);(H2,1,2,3,4). The molecule has 0 spiro atoms. The van der Waals surface area contributed by atoms with Crippen molar-refractivity contribution in [3.63, 3.8) is 0 Å². The molecule has 0 aromatic rings. The molecule has 0 fully saturated rings. The van der Waals surface area contributed by atoms with Gasteiger partial charge in [-0.1, -0.05) is 6.08 Å². The van der Waals surface area contributed by atoms with Gasteiger partial charge < -0.3 is 10.6 Å². The fourth-order valence-corrected chi connectivity index (χ4v) is 0.292. The first-order valence-electron chi connectivity index (χ1n) is 3.04. The van der Waals surface area contributed by atoms with Gasteiger partial charge in [-0.05, 0) is 0 Å². The molecule has 0 aromatic carbocycles. The average molecular weight is 211 g/mol. The summed E-state index contributed by atoms with van der Waals surface area (Å²) in [4.78, 5) is 1.59. The fraction of sp³-hybridized carbons (Fsp3) is 0.400. The maximum atomic E-state index is 8.74. The summed E-state index contributed by atoms with van der Waals surface area (Å²) in [6.45, 7) is 4.12. The third-order valence-electron chi connectivity index (χ3n) is 0.814. The van der Waals surface area contributed by atoms with Crippen molar-refractivity contribution < 1.29 is 17.5 Å². The van der Waals surface area contributed by atoms with Crippen LogP contribution in [0.1, 0.15) is 0 Å². The molecule has 5 N–H and O–H groups in total. The molecule has 0 rings (SSSR count). The van der Waals surface area contributed by atoms with Crippen LogP contribution in [0.4, 0.5) is 0 Å². The number of likely N-dealkylation sites (N-methyl/N-ethyl adjacent to an activating group) is 1. The first-order valence-corrected chi connectivity index (χ1v) is 4.44. The minimum absolute atomic E-state index is 0.0740. The third kappa shape index (κ3) is 24.8. The highest BCUT2D eigenvalue weighted by Gasteiger charge is 1.91. The van der Waals surface area contributed by atoms with Crippen molar-refractivity contribution in [2.24, 2.45) is 5.73 Å². The maximum absolute atomic E-state index is 8.74. The lowest BCUT2D eigenvalue weighted by Gasteiger charge is -2.12. The summed E-state index contributed by atoms with van der Waals surface area (Å²) in [6.07, 6.45) is 1.70. The van der Waals surface area contributed by atoms with E-state index in [1.54, 1.807) is 18.0 Å². The molecule has 13 heavy (non-hydrogen) atoms. The van der Waals surface area contributed by atoms with Gasteiger partial charge in [-0.15, -0.1) is 6.58 Å². The summed E-state index contributed by atoms with van der Waals surface area (Å²) in [6, 6.07) is 0. The van der Waals surface area contributed by atoms with E-state index in [-0.39, 0.29) is 5.96 Å². The van der Waals surface area contributed by atoms with Crippen molar-refractivity contribution in [2.75, 3.05) is 13.6 Å². The molecular weight excluding hydrogens is 198 g/mol. The molecule has 78 valence electrons. The second-order valence-electron chi connectivity index (χ2n) is 2.00. The molecule has 0 aliphatic heterocycles. The Balaban J connectivity index is 0. The zero-order valence-electron chi connectivity index (χ0n) is 7.14. The van der Waals surface area contributed by atoms with E-state index >= 15 is 0 Å². The molecular formula is C5H13N3O4S. The van der Waals surface area contributed by atoms with Crippen molar-refractivity contribution in [2.45, 2.75) is 0 Å². The van der Waals surface area contributed by atoms with Crippen molar-refractivity contribution in [1.82, 2.24) is 4.90 Å². The Hall–Kier alpha value is -1.12. The van der Waals surface area contributed by atoms with E-state index in [0.29, 0.717) is 6.54 Å². The quantitative estimate of drug-likeness (QED) is 0.208.